The number of carboxylic acids is 1. The van der Waals surface area contributed by atoms with Gasteiger partial charge in [-0.1, -0.05) is 45.0 Å². The van der Waals surface area contributed by atoms with Gasteiger partial charge >= 0.3 is 12.1 Å². The highest BCUT2D eigenvalue weighted by Crippen LogP contribution is 2.25. The lowest BCUT2D eigenvalue weighted by Gasteiger charge is -2.24. The summed E-state index contributed by atoms with van der Waals surface area (Å²) in [7, 11) is 0. The Morgan fingerprint density at radius 2 is 1.61 bits per heavy atom. The van der Waals surface area contributed by atoms with Crippen molar-refractivity contribution in [3.8, 4) is 0 Å². The van der Waals surface area contributed by atoms with Crippen LogP contribution in [0.3, 0.4) is 0 Å². The number of hydrogen-bond donors (Lipinski definition) is 2. The molecule has 0 heterocycles. The van der Waals surface area contributed by atoms with Gasteiger partial charge in [0.1, 0.15) is 5.60 Å². The van der Waals surface area contributed by atoms with Crippen molar-refractivity contribution in [2.45, 2.75) is 65.0 Å². The number of aliphatic carboxylic acids is 1. The Morgan fingerprint density at radius 3 is 2.00 bits per heavy atom. The lowest BCUT2D eigenvalue weighted by molar-refractivity contribution is -0.137. The van der Waals surface area contributed by atoms with Crippen LogP contribution in [0.15, 0.2) is 24.3 Å². The van der Waals surface area contributed by atoms with Crippen molar-refractivity contribution in [1.82, 2.24) is 5.32 Å². The minimum absolute atomic E-state index is 0.0133. The molecule has 0 saturated carbocycles. The summed E-state index contributed by atoms with van der Waals surface area (Å²) >= 11 is 0. The van der Waals surface area contributed by atoms with Gasteiger partial charge in [0.2, 0.25) is 0 Å². The third-order valence-corrected chi connectivity index (χ3v) is 3.25. The molecule has 0 aliphatic heterocycles. The standard InChI is InChI=1S/C18H27NO4/c1-17(2,3)13-9-7-12(8-10-13)14(11-15(20)21)19-16(22)23-18(4,5)6/h7-10,14H,11H2,1-6H3,(H,19,22)(H,20,21)/t14-/m1/s1. The number of ether oxygens (including phenoxy) is 1. The van der Waals surface area contributed by atoms with Crippen molar-refractivity contribution in [1.29, 1.82) is 0 Å². The molecule has 23 heavy (non-hydrogen) atoms. The summed E-state index contributed by atoms with van der Waals surface area (Å²) in [6.07, 6.45) is -0.822. The highest BCUT2D eigenvalue weighted by atomic mass is 16.6. The molecule has 1 amide bonds. The van der Waals surface area contributed by atoms with Crippen LogP contribution in [0, 0.1) is 0 Å². The van der Waals surface area contributed by atoms with Crippen molar-refractivity contribution in [2.24, 2.45) is 0 Å². The van der Waals surface area contributed by atoms with Crippen LogP contribution in [-0.4, -0.2) is 22.8 Å². The van der Waals surface area contributed by atoms with E-state index in [2.05, 4.69) is 26.1 Å². The van der Waals surface area contributed by atoms with Crippen molar-refractivity contribution in [2.75, 3.05) is 0 Å². The highest BCUT2D eigenvalue weighted by molar-refractivity contribution is 5.72. The molecule has 0 aromatic heterocycles. The SMILES string of the molecule is CC(C)(C)OC(=O)N[C@H](CC(=O)O)c1ccc(C(C)(C)C)cc1. The molecular weight excluding hydrogens is 294 g/mol. The van der Waals surface area contributed by atoms with E-state index in [0.29, 0.717) is 0 Å². The van der Waals surface area contributed by atoms with Gasteiger partial charge < -0.3 is 15.2 Å². The van der Waals surface area contributed by atoms with Crippen LogP contribution in [0.5, 0.6) is 0 Å². The summed E-state index contributed by atoms with van der Waals surface area (Å²) in [6, 6.07) is 7.00. The number of nitrogens with one attached hydrogen (secondary N) is 1. The average molecular weight is 321 g/mol. The molecule has 0 saturated heterocycles. The van der Waals surface area contributed by atoms with Crippen molar-refractivity contribution >= 4 is 12.1 Å². The van der Waals surface area contributed by atoms with E-state index in [1.165, 1.54) is 0 Å². The predicted molar refractivity (Wildman–Crippen MR) is 89.5 cm³/mol. The Hall–Kier alpha value is -2.04. The van der Waals surface area contributed by atoms with Gasteiger partial charge in [0, 0.05) is 0 Å². The average Bonchev–Trinajstić information content (AvgIpc) is 2.34. The van der Waals surface area contributed by atoms with E-state index in [4.69, 9.17) is 9.84 Å². The fraction of sp³-hybridized carbons (Fsp3) is 0.556. The Bertz CT molecular complexity index is 550. The first kappa shape index (κ1) is 19.0. The van der Waals surface area contributed by atoms with E-state index in [1.54, 1.807) is 20.8 Å². The van der Waals surface area contributed by atoms with Crippen LogP contribution in [0.2, 0.25) is 0 Å². The minimum atomic E-state index is -0.981. The van der Waals surface area contributed by atoms with Gasteiger partial charge in [-0.25, -0.2) is 4.79 Å². The summed E-state index contributed by atoms with van der Waals surface area (Å²) in [6.45, 7) is 11.6. The minimum Gasteiger partial charge on any atom is -0.481 e. The first-order valence-electron chi connectivity index (χ1n) is 7.70. The molecule has 0 unspecified atom stereocenters. The molecule has 1 aromatic carbocycles. The molecule has 128 valence electrons. The van der Waals surface area contributed by atoms with E-state index < -0.39 is 23.7 Å². The van der Waals surface area contributed by atoms with Gasteiger partial charge in [-0.3, -0.25) is 4.79 Å². The zero-order valence-corrected chi connectivity index (χ0v) is 14.8. The molecule has 0 spiro atoms. The predicted octanol–water partition coefficient (Wildman–Crippen LogP) is 4.02. The van der Waals surface area contributed by atoms with Gasteiger partial charge in [-0.15, -0.1) is 0 Å². The van der Waals surface area contributed by atoms with E-state index in [-0.39, 0.29) is 11.8 Å². The number of carboxylic acid groups (broad SMARTS) is 1. The molecule has 0 fully saturated rings. The van der Waals surface area contributed by atoms with E-state index >= 15 is 0 Å². The maximum Gasteiger partial charge on any atom is 0.408 e. The lowest BCUT2D eigenvalue weighted by atomic mass is 9.86. The molecular formula is C18H27NO4. The smallest absolute Gasteiger partial charge is 0.408 e. The molecule has 0 radical (unpaired) electrons. The van der Waals surface area contributed by atoms with Crippen LogP contribution in [0.1, 0.15) is 65.1 Å². The van der Waals surface area contributed by atoms with Crippen molar-refractivity contribution < 1.29 is 19.4 Å². The fourth-order valence-corrected chi connectivity index (χ4v) is 2.09. The van der Waals surface area contributed by atoms with Crippen LogP contribution >= 0.6 is 0 Å². The highest BCUT2D eigenvalue weighted by Gasteiger charge is 2.23. The topological polar surface area (TPSA) is 75.6 Å². The molecule has 5 nitrogen and oxygen atoms in total. The summed E-state index contributed by atoms with van der Waals surface area (Å²) in [5.74, 6) is -0.981. The normalized spacial score (nSPS) is 13.3. The molecule has 2 N–H and O–H groups in total. The number of carbonyl (C=O) groups is 2. The zero-order chi connectivity index (χ0) is 17.8. The van der Waals surface area contributed by atoms with Crippen molar-refractivity contribution in [3.05, 3.63) is 35.4 Å². The first-order chi connectivity index (χ1) is 10.4. The third kappa shape index (κ3) is 6.72. The molecule has 1 atom stereocenters. The number of amides is 1. The van der Waals surface area contributed by atoms with Gasteiger partial charge in [-0.05, 0) is 37.3 Å². The van der Waals surface area contributed by atoms with Crippen LogP contribution < -0.4 is 5.32 Å². The molecule has 1 rings (SSSR count). The van der Waals surface area contributed by atoms with Crippen LogP contribution in [-0.2, 0) is 14.9 Å². The van der Waals surface area contributed by atoms with Gasteiger partial charge in [-0.2, -0.15) is 0 Å². The Labute approximate surface area is 138 Å². The van der Waals surface area contributed by atoms with Gasteiger partial charge in [0.05, 0.1) is 12.5 Å². The molecule has 0 bridgehead atoms. The maximum absolute atomic E-state index is 11.9. The Balaban J connectivity index is 2.94. The van der Waals surface area contributed by atoms with E-state index in [0.717, 1.165) is 11.1 Å². The van der Waals surface area contributed by atoms with Crippen LogP contribution in [0.25, 0.3) is 0 Å². The quantitative estimate of drug-likeness (QED) is 0.878. The third-order valence-electron chi connectivity index (χ3n) is 3.25. The Morgan fingerprint density at radius 1 is 1.09 bits per heavy atom. The second-order valence-corrected chi connectivity index (χ2v) is 7.67. The largest absolute Gasteiger partial charge is 0.481 e. The molecule has 0 aliphatic carbocycles. The summed E-state index contributed by atoms with van der Waals surface area (Å²) < 4.78 is 5.21. The van der Waals surface area contributed by atoms with Crippen LogP contribution in [0.4, 0.5) is 4.79 Å². The molecule has 0 aliphatic rings. The number of rotatable bonds is 4. The first-order valence-corrected chi connectivity index (χ1v) is 7.70. The lowest BCUT2D eigenvalue weighted by Crippen LogP contribution is -2.35. The number of carbonyl (C=O) groups excluding carboxylic acids is 1. The summed E-state index contributed by atoms with van der Waals surface area (Å²) in [4.78, 5) is 23.0. The summed E-state index contributed by atoms with van der Waals surface area (Å²) in [5.41, 5.74) is 1.27. The van der Waals surface area contributed by atoms with E-state index in [1.807, 2.05) is 24.3 Å². The number of benzene rings is 1. The summed E-state index contributed by atoms with van der Waals surface area (Å²) in [5, 5.41) is 11.7. The monoisotopic (exact) mass is 321 g/mol. The maximum atomic E-state index is 11.9. The second-order valence-electron chi connectivity index (χ2n) is 7.67. The van der Waals surface area contributed by atoms with E-state index in [9.17, 15) is 9.59 Å². The van der Waals surface area contributed by atoms with Gasteiger partial charge in [0.15, 0.2) is 0 Å². The zero-order valence-electron chi connectivity index (χ0n) is 14.8. The van der Waals surface area contributed by atoms with Crippen molar-refractivity contribution in [3.63, 3.8) is 0 Å². The molecule has 5 heteroatoms. The van der Waals surface area contributed by atoms with Gasteiger partial charge in [0.25, 0.3) is 0 Å². The number of hydrogen-bond acceptors (Lipinski definition) is 3. The fourth-order valence-electron chi connectivity index (χ4n) is 2.09. The number of alkyl carbamates (subject to hydrolysis) is 1. The molecule has 1 aromatic rings. The second kappa shape index (κ2) is 7.02. The Kier molecular flexibility index (Phi) is 5.81.